The van der Waals surface area contributed by atoms with Gasteiger partial charge in [-0.1, -0.05) is 38.1 Å². The van der Waals surface area contributed by atoms with Gasteiger partial charge in [-0.15, -0.1) is 12.4 Å². The maximum absolute atomic E-state index is 12.7. The van der Waals surface area contributed by atoms with Crippen molar-refractivity contribution >= 4 is 33.2 Å². The molecule has 134 valence electrons. The molecule has 0 aliphatic carbocycles. The standard InChI is InChI=1S/C17H24N2O3S.ClH/c1-4-17(18,5-2)12-19-23(20,21)16-11-10-15(22-3)13-8-6-7-9-14(13)16;/h6-11,19H,4-5,12,18H2,1-3H3;1H. The number of methoxy groups -OCH3 is 1. The van der Waals surface area contributed by atoms with Gasteiger partial charge < -0.3 is 10.5 Å². The van der Waals surface area contributed by atoms with Crippen molar-refractivity contribution in [3.63, 3.8) is 0 Å². The van der Waals surface area contributed by atoms with Crippen LogP contribution < -0.4 is 15.2 Å². The lowest BCUT2D eigenvalue weighted by Gasteiger charge is -2.26. The van der Waals surface area contributed by atoms with E-state index < -0.39 is 15.6 Å². The van der Waals surface area contributed by atoms with Crippen LogP contribution >= 0.6 is 12.4 Å². The fourth-order valence-electron chi connectivity index (χ4n) is 2.47. The molecular weight excluding hydrogens is 348 g/mol. The molecule has 0 aromatic heterocycles. The van der Waals surface area contributed by atoms with Crippen LogP contribution in [-0.4, -0.2) is 27.6 Å². The van der Waals surface area contributed by atoms with Crippen molar-refractivity contribution in [1.29, 1.82) is 0 Å². The molecule has 0 saturated heterocycles. The van der Waals surface area contributed by atoms with Crippen LogP contribution in [0.4, 0.5) is 0 Å². The van der Waals surface area contributed by atoms with Crippen molar-refractivity contribution in [1.82, 2.24) is 4.72 Å². The first-order chi connectivity index (χ1) is 10.9. The fourth-order valence-corrected chi connectivity index (χ4v) is 3.82. The second kappa shape index (κ2) is 8.16. The van der Waals surface area contributed by atoms with E-state index in [1.165, 1.54) is 0 Å². The molecule has 2 aromatic rings. The Bertz CT molecular complexity index is 790. The number of sulfonamides is 1. The molecule has 0 atom stereocenters. The first-order valence-corrected chi connectivity index (χ1v) is 9.19. The molecular formula is C17H25ClN2O3S. The number of nitrogens with one attached hydrogen (secondary N) is 1. The third-order valence-corrected chi connectivity index (χ3v) is 5.84. The Morgan fingerprint density at radius 1 is 1.08 bits per heavy atom. The molecule has 0 radical (unpaired) electrons. The van der Waals surface area contributed by atoms with E-state index in [1.807, 2.05) is 32.0 Å². The summed E-state index contributed by atoms with van der Waals surface area (Å²) in [6.07, 6.45) is 1.41. The van der Waals surface area contributed by atoms with Gasteiger partial charge in [0.25, 0.3) is 0 Å². The summed E-state index contributed by atoms with van der Waals surface area (Å²) in [5, 5.41) is 1.40. The van der Waals surface area contributed by atoms with Gasteiger partial charge in [0.15, 0.2) is 0 Å². The molecule has 0 unspecified atom stereocenters. The number of hydrogen-bond donors (Lipinski definition) is 2. The van der Waals surface area contributed by atoms with Gasteiger partial charge in [0.1, 0.15) is 5.75 Å². The second-order valence-electron chi connectivity index (χ2n) is 5.71. The summed E-state index contributed by atoms with van der Waals surface area (Å²) in [4.78, 5) is 0.239. The number of halogens is 1. The van der Waals surface area contributed by atoms with E-state index in [-0.39, 0.29) is 23.8 Å². The normalized spacial score (nSPS) is 12.0. The molecule has 0 bridgehead atoms. The van der Waals surface area contributed by atoms with Crippen molar-refractivity contribution < 1.29 is 13.2 Å². The van der Waals surface area contributed by atoms with Crippen LogP contribution in [0.2, 0.25) is 0 Å². The Hall–Kier alpha value is -1.34. The SMILES string of the molecule is CCC(N)(CC)CNS(=O)(=O)c1ccc(OC)c2ccccc12.Cl. The molecule has 0 fully saturated rings. The molecule has 3 N–H and O–H groups in total. The molecule has 24 heavy (non-hydrogen) atoms. The largest absolute Gasteiger partial charge is 0.496 e. The van der Waals surface area contributed by atoms with Gasteiger partial charge >= 0.3 is 0 Å². The molecule has 0 spiro atoms. The van der Waals surface area contributed by atoms with Crippen molar-refractivity contribution in [3.8, 4) is 5.75 Å². The molecule has 0 amide bonds. The average Bonchev–Trinajstić information content (AvgIpc) is 2.58. The van der Waals surface area contributed by atoms with Crippen LogP contribution in [0.15, 0.2) is 41.3 Å². The van der Waals surface area contributed by atoms with E-state index in [4.69, 9.17) is 10.5 Å². The van der Waals surface area contributed by atoms with Crippen molar-refractivity contribution in [2.24, 2.45) is 5.73 Å². The van der Waals surface area contributed by atoms with Crippen LogP contribution in [0.25, 0.3) is 10.8 Å². The van der Waals surface area contributed by atoms with Gasteiger partial charge in [0.2, 0.25) is 10.0 Å². The predicted molar refractivity (Wildman–Crippen MR) is 100 cm³/mol. The molecule has 2 aromatic carbocycles. The van der Waals surface area contributed by atoms with Gasteiger partial charge in [0.05, 0.1) is 12.0 Å². The summed E-state index contributed by atoms with van der Waals surface area (Å²) < 4.78 is 33.4. The Kier molecular flexibility index (Phi) is 7.04. The van der Waals surface area contributed by atoms with E-state index in [0.29, 0.717) is 24.0 Å². The highest BCUT2D eigenvalue weighted by molar-refractivity contribution is 7.89. The lowest BCUT2D eigenvalue weighted by Crippen LogP contribution is -2.49. The van der Waals surface area contributed by atoms with Gasteiger partial charge in [-0.05, 0) is 25.0 Å². The van der Waals surface area contributed by atoms with E-state index >= 15 is 0 Å². The first kappa shape index (κ1) is 20.7. The third-order valence-electron chi connectivity index (χ3n) is 4.38. The van der Waals surface area contributed by atoms with Gasteiger partial charge in [-0.25, -0.2) is 13.1 Å². The van der Waals surface area contributed by atoms with Crippen LogP contribution in [0.3, 0.4) is 0 Å². The smallest absolute Gasteiger partial charge is 0.241 e. The van der Waals surface area contributed by atoms with Crippen molar-refractivity contribution in [2.45, 2.75) is 37.1 Å². The van der Waals surface area contributed by atoms with Crippen LogP contribution in [0, 0.1) is 0 Å². The second-order valence-corrected chi connectivity index (χ2v) is 7.44. The Morgan fingerprint density at radius 3 is 2.21 bits per heavy atom. The van der Waals surface area contributed by atoms with Gasteiger partial charge in [-0.3, -0.25) is 0 Å². The first-order valence-electron chi connectivity index (χ1n) is 7.71. The van der Waals surface area contributed by atoms with Crippen molar-refractivity contribution in [2.75, 3.05) is 13.7 Å². The summed E-state index contributed by atoms with van der Waals surface area (Å²) in [6, 6.07) is 10.5. The minimum atomic E-state index is -3.65. The summed E-state index contributed by atoms with van der Waals surface area (Å²) in [7, 11) is -2.08. The average molecular weight is 373 g/mol. The molecule has 0 aliphatic heterocycles. The molecule has 2 rings (SSSR count). The highest BCUT2D eigenvalue weighted by Crippen LogP contribution is 2.30. The quantitative estimate of drug-likeness (QED) is 0.782. The highest BCUT2D eigenvalue weighted by atomic mass is 35.5. The number of hydrogen-bond acceptors (Lipinski definition) is 4. The topological polar surface area (TPSA) is 81.4 Å². The van der Waals surface area contributed by atoms with Crippen LogP contribution in [-0.2, 0) is 10.0 Å². The number of benzene rings is 2. The molecule has 0 saturated carbocycles. The zero-order valence-electron chi connectivity index (χ0n) is 14.2. The summed E-state index contributed by atoms with van der Waals surface area (Å²) in [5.41, 5.74) is 5.66. The zero-order valence-corrected chi connectivity index (χ0v) is 15.8. The maximum Gasteiger partial charge on any atom is 0.241 e. The number of rotatable bonds is 7. The lowest BCUT2D eigenvalue weighted by molar-refractivity contribution is 0.392. The minimum Gasteiger partial charge on any atom is -0.496 e. The summed E-state index contributed by atoms with van der Waals surface area (Å²) in [5.74, 6) is 0.648. The van der Waals surface area contributed by atoms with E-state index in [0.717, 1.165) is 5.39 Å². The Labute approximate surface area is 150 Å². The monoisotopic (exact) mass is 372 g/mol. The van der Waals surface area contributed by atoms with Gasteiger partial charge in [0, 0.05) is 22.9 Å². The fraction of sp³-hybridized carbons (Fsp3) is 0.412. The third kappa shape index (κ3) is 4.19. The van der Waals surface area contributed by atoms with Crippen LogP contribution in [0.1, 0.15) is 26.7 Å². The molecule has 7 heteroatoms. The van der Waals surface area contributed by atoms with Crippen LogP contribution in [0.5, 0.6) is 5.75 Å². The van der Waals surface area contributed by atoms with E-state index in [9.17, 15) is 8.42 Å². The maximum atomic E-state index is 12.7. The number of fused-ring (bicyclic) bond motifs is 1. The highest BCUT2D eigenvalue weighted by Gasteiger charge is 2.25. The Balaban J connectivity index is 0.00000288. The van der Waals surface area contributed by atoms with E-state index in [1.54, 1.807) is 25.3 Å². The Morgan fingerprint density at radius 2 is 1.67 bits per heavy atom. The summed E-state index contributed by atoms with van der Waals surface area (Å²) >= 11 is 0. The minimum absolute atomic E-state index is 0. The van der Waals surface area contributed by atoms with Crippen molar-refractivity contribution in [3.05, 3.63) is 36.4 Å². The summed E-state index contributed by atoms with van der Waals surface area (Å²) in [6.45, 7) is 4.13. The lowest BCUT2D eigenvalue weighted by atomic mass is 9.95. The number of nitrogens with two attached hydrogens (primary N) is 1. The van der Waals surface area contributed by atoms with E-state index in [2.05, 4.69) is 4.72 Å². The molecule has 5 nitrogen and oxygen atoms in total. The van der Waals surface area contributed by atoms with Gasteiger partial charge in [-0.2, -0.15) is 0 Å². The molecule has 0 heterocycles. The molecule has 0 aliphatic rings. The predicted octanol–water partition coefficient (Wildman–Crippen LogP) is 3.07. The number of ether oxygens (including phenoxy) is 1. The zero-order chi connectivity index (χ0) is 17.1.